The van der Waals surface area contributed by atoms with Crippen LogP contribution in [0.15, 0.2) is 0 Å². The minimum atomic E-state index is -1.52. The number of β-lactam (4-membered cyclic amide) rings is 1. The maximum absolute atomic E-state index is 11.4. The third-order valence-corrected chi connectivity index (χ3v) is 5.29. The van der Waals surface area contributed by atoms with Crippen LogP contribution in [0.3, 0.4) is 0 Å². The van der Waals surface area contributed by atoms with E-state index in [-0.39, 0.29) is 17.7 Å². The van der Waals surface area contributed by atoms with Gasteiger partial charge in [-0.05, 0) is 12.2 Å². The summed E-state index contributed by atoms with van der Waals surface area (Å²) in [6, 6.07) is 0. The molecule has 0 aromatic rings. The number of rotatable bonds is 2. The number of hydrogen-bond acceptors (Lipinski definition) is 3. The van der Waals surface area contributed by atoms with E-state index in [1.54, 1.807) is 4.90 Å². The predicted molar refractivity (Wildman–Crippen MR) is 66.4 cm³/mol. The lowest BCUT2D eigenvalue weighted by Crippen LogP contribution is -2.64. The van der Waals surface area contributed by atoms with E-state index in [1.165, 1.54) is 0 Å². The monoisotopic (exact) mass is 246 g/mol. The van der Waals surface area contributed by atoms with Crippen LogP contribution >= 0.6 is 12.2 Å². The molecule has 86 valence electrons. The van der Waals surface area contributed by atoms with Crippen LogP contribution in [0.25, 0.3) is 0 Å². The quantitative estimate of drug-likeness (QED) is 0.449. The van der Waals surface area contributed by atoms with E-state index >= 15 is 0 Å². The van der Waals surface area contributed by atoms with Gasteiger partial charge in [0.05, 0.1) is 13.6 Å². The molecule has 1 heterocycles. The van der Waals surface area contributed by atoms with E-state index in [9.17, 15) is 4.79 Å². The molecule has 1 aliphatic rings. The number of hydrogen-bond donors (Lipinski definition) is 1. The van der Waals surface area contributed by atoms with Gasteiger partial charge in [0.2, 0.25) is 5.91 Å². The van der Waals surface area contributed by atoms with Gasteiger partial charge in [-0.1, -0.05) is 19.6 Å². The van der Waals surface area contributed by atoms with E-state index in [0.29, 0.717) is 5.17 Å². The highest BCUT2D eigenvalue weighted by Gasteiger charge is 2.49. The first-order valence-electron chi connectivity index (χ1n) is 4.92. The van der Waals surface area contributed by atoms with Crippen LogP contribution in [0.1, 0.15) is 0 Å². The molecule has 15 heavy (non-hydrogen) atoms. The number of carbonyl (C=O) groups excluding carboxylic acids is 1. The Bertz CT molecular complexity index is 288. The average Bonchev–Trinajstić information content (AvgIpc) is 1.98. The molecule has 0 bridgehead atoms. The zero-order valence-corrected chi connectivity index (χ0v) is 11.6. The third kappa shape index (κ3) is 2.69. The highest BCUT2D eigenvalue weighted by Crippen LogP contribution is 2.33. The van der Waals surface area contributed by atoms with Crippen molar-refractivity contribution in [1.29, 1.82) is 0 Å². The molecule has 2 unspecified atom stereocenters. The molecule has 4 nitrogen and oxygen atoms in total. The van der Waals surface area contributed by atoms with Gasteiger partial charge in [-0.15, -0.1) is 0 Å². The lowest BCUT2D eigenvalue weighted by molar-refractivity contribution is -0.135. The van der Waals surface area contributed by atoms with Crippen molar-refractivity contribution in [2.24, 2.45) is 0 Å². The van der Waals surface area contributed by atoms with Crippen LogP contribution in [0.4, 0.5) is 0 Å². The van der Waals surface area contributed by atoms with Crippen LogP contribution in [-0.2, 0) is 9.53 Å². The first-order chi connectivity index (χ1) is 6.73. The fourth-order valence-electron chi connectivity index (χ4n) is 1.51. The van der Waals surface area contributed by atoms with Crippen LogP contribution in [-0.4, -0.2) is 44.4 Å². The Morgan fingerprint density at radius 3 is 2.33 bits per heavy atom. The molecule has 1 rings (SSSR count). The van der Waals surface area contributed by atoms with Gasteiger partial charge >= 0.3 is 0 Å². The van der Waals surface area contributed by atoms with Crippen molar-refractivity contribution in [2.75, 3.05) is 14.1 Å². The van der Waals surface area contributed by atoms with Crippen LogP contribution in [0.2, 0.25) is 25.2 Å². The normalized spacial score (nSPS) is 25.3. The Morgan fingerprint density at radius 2 is 2.00 bits per heavy atom. The van der Waals surface area contributed by atoms with Gasteiger partial charge in [-0.3, -0.25) is 4.79 Å². The van der Waals surface area contributed by atoms with Crippen molar-refractivity contribution in [3.8, 4) is 0 Å². The molecular formula is C9H18N2O2SSi. The minimum Gasteiger partial charge on any atom is -0.446 e. The summed E-state index contributed by atoms with van der Waals surface area (Å²) in [7, 11) is 2.13. The molecular weight excluding hydrogens is 228 g/mol. The molecule has 2 atom stereocenters. The van der Waals surface area contributed by atoms with E-state index in [0.717, 1.165) is 0 Å². The van der Waals surface area contributed by atoms with E-state index in [2.05, 4.69) is 25.0 Å². The molecule has 1 N–H and O–H groups in total. The van der Waals surface area contributed by atoms with Gasteiger partial charge in [0, 0.05) is 14.1 Å². The van der Waals surface area contributed by atoms with Crippen molar-refractivity contribution in [3.05, 3.63) is 0 Å². The summed E-state index contributed by atoms with van der Waals surface area (Å²) in [5.41, 5.74) is 0.00963. The first-order valence-corrected chi connectivity index (χ1v) is 8.90. The fraction of sp³-hybridized carbons (Fsp3) is 0.778. The molecule has 1 aliphatic heterocycles. The minimum absolute atomic E-state index is 0.00963. The summed E-state index contributed by atoms with van der Waals surface area (Å²) in [5.74, 6) is 0.0979. The molecule has 1 fully saturated rings. The summed E-state index contributed by atoms with van der Waals surface area (Å²) < 4.78 is 5.52. The SMILES string of the molecule is CN(C)C(=S)OC1NC(=O)C1[Si](C)(C)C. The predicted octanol–water partition coefficient (Wildman–Crippen LogP) is 1.01. The lowest BCUT2D eigenvalue weighted by Gasteiger charge is -2.43. The van der Waals surface area contributed by atoms with Gasteiger partial charge in [0.25, 0.3) is 5.17 Å². The van der Waals surface area contributed by atoms with E-state index < -0.39 is 8.07 Å². The van der Waals surface area contributed by atoms with Crippen molar-refractivity contribution >= 4 is 31.4 Å². The molecule has 0 saturated carbocycles. The second-order valence-electron chi connectivity index (χ2n) is 5.05. The summed E-state index contributed by atoms with van der Waals surface area (Å²) in [5, 5.41) is 3.16. The van der Waals surface area contributed by atoms with Gasteiger partial charge in [0.1, 0.15) is 0 Å². The molecule has 1 saturated heterocycles. The zero-order valence-electron chi connectivity index (χ0n) is 9.83. The van der Waals surface area contributed by atoms with Crippen molar-refractivity contribution in [1.82, 2.24) is 10.2 Å². The van der Waals surface area contributed by atoms with E-state index in [1.807, 2.05) is 14.1 Å². The Hall–Kier alpha value is -0.623. The maximum atomic E-state index is 11.4. The topological polar surface area (TPSA) is 41.6 Å². The standard InChI is InChI=1S/C9H18N2O2SSi/c1-11(2)9(14)13-8-6(7(12)10-8)15(3,4)5/h6,8H,1-5H3,(H,10,12). The van der Waals surface area contributed by atoms with Gasteiger partial charge in [0.15, 0.2) is 6.23 Å². The highest BCUT2D eigenvalue weighted by molar-refractivity contribution is 7.80. The van der Waals surface area contributed by atoms with Crippen molar-refractivity contribution in [2.45, 2.75) is 31.4 Å². The number of nitrogens with zero attached hydrogens (tertiary/aromatic N) is 1. The number of ether oxygens (including phenoxy) is 1. The van der Waals surface area contributed by atoms with Gasteiger partial charge in [-0.2, -0.15) is 0 Å². The van der Waals surface area contributed by atoms with Crippen LogP contribution < -0.4 is 5.32 Å². The Kier molecular flexibility index (Phi) is 3.40. The van der Waals surface area contributed by atoms with E-state index in [4.69, 9.17) is 17.0 Å². The number of thiocarbonyl (C=S) groups is 1. The fourth-order valence-corrected chi connectivity index (χ4v) is 3.55. The molecule has 6 heteroatoms. The molecule has 0 spiro atoms. The summed E-state index contributed by atoms with van der Waals surface area (Å²) >= 11 is 5.04. The van der Waals surface area contributed by atoms with Gasteiger partial charge in [-0.25, -0.2) is 0 Å². The molecule has 1 amide bonds. The Morgan fingerprint density at radius 1 is 1.47 bits per heavy atom. The second-order valence-corrected chi connectivity index (χ2v) is 10.8. The first kappa shape index (κ1) is 12.4. The van der Waals surface area contributed by atoms with Crippen LogP contribution in [0, 0.1) is 0 Å². The maximum Gasteiger partial charge on any atom is 0.260 e. The summed E-state index contributed by atoms with van der Waals surface area (Å²) in [6.07, 6.45) is -0.223. The van der Waals surface area contributed by atoms with Crippen molar-refractivity contribution < 1.29 is 9.53 Å². The number of amides is 1. The van der Waals surface area contributed by atoms with Crippen molar-refractivity contribution in [3.63, 3.8) is 0 Å². The molecule has 0 aromatic heterocycles. The number of carbonyl (C=O) groups is 1. The molecule has 0 aliphatic carbocycles. The Labute approximate surface area is 97.0 Å². The second kappa shape index (κ2) is 4.09. The molecule has 0 aromatic carbocycles. The Balaban J connectivity index is 2.59. The lowest BCUT2D eigenvalue weighted by atomic mass is 10.2. The third-order valence-electron chi connectivity index (χ3n) is 2.40. The zero-order chi connectivity index (χ0) is 11.8. The average molecular weight is 246 g/mol. The molecule has 0 radical (unpaired) electrons. The summed E-state index contributed by atoms with van der Waals surface area (Å²) in [4.78, 5) is 13.1. The van der Waals surface area contributed by atoms with Gasteiger partial charge < -0.3 is 15.0 Å². The number of nitrogens with one attached hydrogen (secondary N) is 1. The van der Waals surface area contributed by atoms with Crippen LogP contribution in [0.5, 0.6) is 0 Å². The summed E-state index contributed by atoms with van der Waals surface area (Å²) in [6.45, 7) is 6.47. The largest absolute Gasteiger partial charge is 0.446 e. The highest BCUT2D eigenvalue weighted by atomic mass is 32.1. The smallest absolute Gasteiger partial charge is 0.260 e.